The van der Waals surface area contributed by atoms with Crippen LogP contribution in [0.3, 0.4) is 0 Å². The van der Waals surface area contributed by atoms with Crippen molar-refractivity contribution < 1.29 is 28.5 Å². The van der Waals surface area contributed by atoms with Crippen LogP contribution in [0.5, 0.6) is 0 Å². The van der Waals surface area contributed by atoms with Gasteiger partial charge in [0.1, 0.15) is 13.2 Å². The molecule has 0 amide bonds. The molecule has 0 fully saturated rings. The number of hydrogen-bond acceptors (Lipinski definition) is 6. The minimum atomic E-state index is -0.268. The van der Waals surface area contributed by atoms with Crippen molar-refractivity contribution in [3.8, 4) is 0 Å². The van der Waals surface area contributed by atoms with Crippen molar-refractivity contribution in [3.63, 3.8) is 0 Å². The predicted octanol–water partition coefficient (Wildman–Crippen LogP) is 3.67. The first kappa shape index (κ1) is 23.1. The van der Waals surface area contributed by atoms with Crippen molar-refractivity contribution in [3.05, 3.63) is 35.9 Å². The van der Waals surface area contributed by atoms with Crippen LogP contribution in [0.1, 0.15) is 51.0 Å². The fourth-order valence-corrected chi connectivity index (χ4v) is 2.20. The molecule has 1 aromatic rings. The van der Waals surface area contributed by atoms with E-state index in [1.54, 1.807) is 0 Å². The van der Waals surface area contributed by atoms with Crippen LogP contribution >= 0.6 is 0 Å². The SMILES string of the molecule is CCCCOCCOCCOC(=O)CCCCC(=O)OCc1ccccc1. The zero-order valence-corrected chi connectivity index (χ0v) is 16.3. The van der Waals surface area contributed by atoms with Gasteiger partial charge in [0.2, 0.25) is 0 Å². The normalized spacial score (nSPS) is 10.6. The van der Waals surface area contributed by atoms with Gasteiger partial charge in [-0.15, -0.1) is 0 Å². The molecule has 0 bridgehead atoms. The van der Waals surface area contributed by atoms with Crippen molar-refractivity contribution in [2.24, 2.45) is 0 Å². The van der Waals surface area contributed by atoms with Crippen LogP contribution in [-0.4, -0.2) is 45.0 Å². The van der Waals surface area contributed by atoms with Gasteiger partial charge in [0.25, 0.3) is 0 Å². The van der Waals surface area contributed by atoms with Crippen LogP contribution in [0, 0.1) is 0 Å². The van der Waals surface area contributed by atoms with Crippen molar-refractivity contribution in [1.82, 2.24) is 0 Å². The van der Waals surface area contributed by atoms with E-state index < -0.39 is 0 Å². The average Bonchev–Trinajstić information content (AvgIpc) is 2.69. The monoisotopic (exact) mass is 380 g/mol. The molecular weight excluding hydrogens is 348 g/mol. The summed E-state index contributed by atoms with van der Waals surface area (Å²) in [6.07, 6.45) is 3.99. The largest absolute Gasteiger partial charge is 0.463 e. The quantitative estimate of drug-likeness (QED) is 0.322. The Morgan fingerprint density at radius 2 is 1.33 bits per heavy atom. The van der Waals surface area contributed by atoms with E-state index in [-0.39, 0.29) is 25.2 Å². The van der Waals surface area contributed by atoms with E-state index >= 15 is 0 Å². The van der Waals surface area contributed by atoms with Gasteiger partial charge in [0.05, 0.1) is 19.8 Å². The van der Waals surface area contributed by atoms with Gasteiger partial charge >= 0.3 is 11.9 Å². The maximum atomic E-state index is 11.7. The Bertz CT molecular complexity index is 503. The second-order valence-corrected chi connectivity index (χ2v) is 6.15. The van der Waals surface area contributed by atoms with Crippen molar-refractivity contribution in [2.45, 2.75) is 52.1 Å². The highest BCUT2D eigenvalue weighted by molar-refractivity contribution is 5.70. The number of hydrogen-bond donors (Lipinski definition) is 0. The summed E-state index contributed by atoms with van der Waals surface area (Å²) in [5, 5.41) is 0. The average molecular weight is 380 g/mol. The minimum absolute atomic E-state index is 0.243. The smallest absolute Gasteiger partial charge is 0.306 e. The molecule has 0 saturated heterocycles. The lowest BCUT2D eigenvalue weighted by atomic mass is 10.2. The second kappa shape index (κ2) is 16.3. The summed E-state index contributed by atoms with van der Waals surface area (Å²) in [6, 6.07) is 9.54. The molecule has 0 unspecified atom stereocenters. The molecule has 0 aromatic heterocycles. The molecule has 152 valence electrons. The molecule has 1 aromatic carbocycles. The molecule has 6 nitrogen and oxygen atoms in total. The van der Waals surface area contributed by atoms with Crippen molar-refractivity contribution >= 4 is 11.9 Å². The zero-order chi connectivity index (χ0) is 19.6. The highest BCUT2D eigenvalue weighted by atomic mass is 16.6. The number of benzene rings is 1. The van der Waals surface area contributed by atoms with Gasteiger partial charge in [-0.25, -0.2) is 0 Å². The molecule has 6 heteroatoms. The van der Waals surface area contributed by atoms with E-state index in [1.807, 2.05) is 30.3 Å². The van der Waals surface area contributed by atoms with Crippen molar-refractivity contribution in [1.29, 1.82) is 0 Å². The molecule has 0 spiro atoms. The standard InChI is InChI=1S/C21H32O6/c1-2-3-13-24-14-15-25-16-17-26-20(22)11-7-8-12-21(23)27-18-19-9-5-4-6-10-19/h4-6,9-10H,2-3,7-8,11-18H2,1H3. The summed E-state index contributed by atoms with van der Waals surface area (Å²) in [7, 11) is 0. The number of carbonyl (C=O) groups excluding carboxylic acids is 2. The van der Waals surface area contributed by atoms with Gasteiger partial charge in [-0.3, -0.25) is 9.59 Å². The molecule has 1 rings (SSSR count). The molecule has 0 N–H and O–H groups in total. The molecule has 0 heterocycles. The number of ether oxygens (including phenoxy) is 4. The van der Waals surface area contributed by atoms with Gasteiger partial charge in [0.15, 0.2) is 0 Å². The molecule has 0 aliphatic rings. The van der Waals surface area contributed by atoms with E-state index in [0.29, 0.717) is 45.5 Å². The fraction of sp³-hybridized carbons (Fsp3) is 0.619. The van der Waals surface area contributed by atoms with E-state index in [0.717, 1.165) is 25.0 Å². The van der Waals surface area contributed by atoms with Crippen LogP contribution < -0.4 is 0 Å². The Hall–Kier alpha value is -1.92. The van der Waals surface area contributed by atoms with Crippen LogP contribution in [0.2, 0.25) is 0 Å². The zero-order valence-electron chi connectivity index (χ0n) is 16.3. The van der Waals surface area contributed by atoms with Gasteiger partial charge in [-0.2, -0.15) is 0 Å². The minimum Gasteiger partial charge on any atom is -0.463 e. The summed E-state index contributed by atoms with van der Waals surface area (Å²) in [6.45, 7) is 4.84. The first-order valence-electron chi connectivity index (χ1n) is 9.73. The highest BCUT2D eigenvalue weighted by Gasteiger charge is 2.06. The number of rotatable bonds is 16. The molecule has 0 radical (unpaired) electrons. The first-order valence-corrected chi connectivity index (χ1v) is 9.73. The van der Waals surface area contributed by atoms with Gasteiger partial charge in [0, 0.05) is 19.4 Å². The third kappa shape index (κ3) is 13.9. The topological polar surface area (TPSA) is 71.1 Å². The molecule has 0 aliphatic heterocycles. The fourth-order valence-electron chi connectivity index (χ4n) is 2.20. The van der Waals surface area contributed by atoms with Crippen LogP contribution in [0.15, 0.2) is 30.3 Å². The predicted molar refractivity (Wildman–Crippen MR) is 102 cm³/mol. The lowest BCUT2D eigenvalue weighted by Gasteiger charge is -2.07. The number of carbonyl (C=O) groups is 2. The summed E-state index contributed by atoms with van der Waals surface area (Å²) >= 11 is 0. The third-order valence-corrected chi connectivity index (χ3v) is 3.76. The van der Waals surface area contributed by atoms with Gasteiger partial charge in [-0.05, 0) is 24.8 Å². The Balaban J connectivity index is 1.88. The Morgan fingerprint density at radius 3 is 2.00 bits per heavy atom. The third-order valence-electron chi connectivity index (χ3n) is 3.76. The second-order valence-electron chi connectivity index (χ2n) is 6.15. The summed E-state index contributed by atoms with van der Waals surface area (Å²) < 4.78 is 20.9. The Kier molecular flexibility index (Phi) is 13.9. The van der Waals surface area contributed by atoms with Crippen molar-refractivity contribution in [2.75, 3.05) is 33.0 Å². The molecule has 27 heavy (non-hydrogen) atoms. The maximum Gasteiger partial charge on any atom is 0.306 e. The van der Waals surface area contributed by atoms with E-state index in [4.69, 9.17) is 18.9 Å². The van der Waals surface area contributed by atoms with Gasteiger partial charge in [-0.1, -0.05) is 43.7 Å². The summed E-state index contributed by atoms with van der Waals surface area (Å²) in [4.78, 5) is 23.2. The molecule has 0 saturated carbocycles. The Morgan fingerprint density at radius 1 is 0.741 bits per heavy atom. The molecule has 0 atom stereocenters. The molecule has 0 aliphatic carbocycles. The van der Waals surface area contributed by atoms with E-state index in [1.165, 1.54) is 0 Å². The van der Waals surface area contributed by atoms with Crippen LogP contribution in [-0.2, 0) is 35.1 Å². The summed E-state index contributed by atoms with van der Waals surface area (Å²) in [5.41, 5.74) is 0.962. The molecular formula is C21H32O6. The van der Waals surface area contributed by atoms with Crippen LogP contribution in [0.25, 0.3) is 0 Å². The lowest BCUT2D eigenvalue weighted by molar-refractivity contribution is -0.147. The summed E-state index contributed by atoms with van der Waals surface area (Å²) in [5.74, 6) is -0.516. The Labute approximate surface area is 162 Å². The maximum absolute atomic E-state index is 11.7. The number of esters is 2. The van der Waals surface area contributed by atoms with Crippen LogP contribution in [0.4, 0.5) is 0 Å². The lowest BCUT2D eigenvalue weighted by Crippen LogP contribution is -2.13. The number of unbranched alkanes of at least 4 members (excludes halogenated alkanes) is 2. The first-order chi connectivity index (χ1) is 13.2. The van der Waals surface area contributed by atoms with E-state index in [2.05, 4.69) is 6.92 Å². The van der Waals surface area contributed by atoms with Gasteiger partial charge < -0.3 is 18.9 Å². The van der Waals surface area contributed by atoms with E-state index in [9.17, 15) is 9.59 Å². The highest BCUT2D eigenvalue weighted by Crippen LogP contribution is 2.06.